The molecule has 0 aromatic heterocycles. The SMILES string of the molecule is CC[C@]1(C)CN(C(=O)c2cc([N+](=O)[O-])ccc2O)CCO1. The van der Waals surface area contributed by atoms with Crippen LogP contribution in [-0.2, 0) is 4.74 Å². The third-order valence-electron chi connectivity index (χ3n) is 3.79. The van der Waals surface area contributed by atoms with Gasteiger partial charge in [0.25, 0.3) is 11.6 Å². The molecule has 0 spiro atoms. The summed E-state index contributed by atoms with van der Waals surface area (Å²) in [6.07, 6.45) is 0.748. The first-order valence-electron chi connectivity index (χ1n) is 6.77. The Morgan fingerprint density at radius 2 is 2.29 bits per heavy atom. The minimum atomic E-state index is -0.592. The van der Waals surface area contributed by atoms with Gasteiger partial charge >= 0.3 is 0 Å². The maximum Gasteiger partial charge on any atom is 0.270 e. The molecule has 0 bridgehead atoms. The highest BCUT2D eigenvalue weighted by Crippen LogP contribution is 2.27. The van der Waals surface area contributed by atoms with Gasteiger partial charge in [-0.2, -0.15) is 0 Å². The monoisotopic (exact) mass is 294 g/mol. The van der Waals surface area contributed by atoms with E-state index in [0.717, 1.165) is 12.5 Å². The molecule has 1 heterocycles. The molecule has 1 aliphatic rings. The number of carbonyl (C=O) groups is 1. The van der Waals surface area contributed by atoms with E-state index in [-0.39, 0.29) is 17.0 Å². The lowest BCUT2D eigenvalue weighted by Crippen LogP contribution is -2.51. The Morgan fingerprint density at radius 1 is 1.57 bits per heavy atom. The van der Waals surface area contributed by atoms with Crippen molar-refractivity contribution in [3.63, 3.8) is 0 Å². The van der Waals surface area contributed by atoms with Gasteiger partial charge in [-0.25, -0.2) is 0 Å². The van der Waals surface area contributed by atoms with E-state index >= 15 is 0 Å². The number of phenolic OH excluding ortho intramolecular Hbond substituents is 1. The number of ether oxygens (including phenoxy) is 1. The minimum Gasteiger partial charge on any atom is -0.507 e. The van der Waals surface area contributed by atoms with Crippen molar-refractivity contribution in [2.24, 2.45) is 0 Å². The van der Waals surface area contributed by atoms with E-state index in [4.69, 9.17) is 4.74 Å². The second-order valence-corrected chi connectivity index (χ2v) is 5.34. The van der Waals surface area contributed by atoms with Crippen molar-refractivity contribution < 1.29 is 19.6 Å². The van der Waals surface area contributed by atoms with Crippen molar-refractivity contribution in [3.8, 4) is 5.75 Å². The fraction of sp³-hybridized carbons (Fsp3) is 0.500. The number of aromatic hydroxyl groups is 1. The zero-order valence-corrected chi connectivity index (χ0v) is 12.0. The molecule has 1 saturated heterocycles. The third kappa shape index (κ3) is 3.13. The van der Waals surface area contributed by atoms with Gasteiger partial charge in [0.1, 0.15) is 5.75 Å². The molecule has 2 rings (SSSR count). The second kappa shape index (κ2) is 5.69. The van der Waals surface area contributed by atoms with Crippen LogP contribution in [0.1, 0.15) is 30.6 Å². The number of benzene rings is 1. The van der Waals surface area contributed by atoms with Crippen LogP contribution in [0.4, 0.5) is 5.69 Å². The molecular weight excluding hydrogens is 276 g/mol. The standard InChI is InChI=1S/C14H18N2O5/c1-3-14(2)9-15(6-7-21-14)13(18)11-8-10(16(19)20)4-5-12(11)17/h4-5,8,17H,3,6-7,9H2,1-2H3/t14-/m1/s1. The highest BCUT2D eigenvalue weighted by atomic mass is 16.6. The smallest absolute Gasteiger partial charge is 0.270 e. The van der Waals surface area contributed by atoms with Crippen molar-refractivity contribution in [2.45, 2.75) is 25.9 Å². The lowest BCUT2D eigenvalue weighted by atomic mass is 10.00. The van der Waals surface area contributed by atoms with Crippen molar-refractivity contribution in [3.05, 3.63) is 33.9 Å². The average molecular weight is 294 g/mol. The van der Waals surface area contributed by atoms with Gasteiger partial charge in [-0.05, 0) is 19.4 Å². The van der Waals surface area contributed by atoms with Gasteiger partial charge in [0, 0.05) is 25.2 Å². The fourth-order valence-electron chi connectivity index (χ4n) is 2.30. The number of non-ortho nitro benzene ring substituents is 1. The summed E-state index contributed by atoms with van der Waals surface area (Å²) in [5.74, 6) is -0.672. The molecular formula is C14H18N2O5. The topological polar surface area (TPSA) is 92.9 Å². The molecule has 114 valence electrons. The number of amides is 1. The van der Waals surface area contributed by atoms with E-state index in [0.29, 0.717) is 19.7 Å². The molecule has 1 aromatic rings. The lowest BCUT2D eigenvalue weighted by Gasteiger charge is -2.40. The molecule has 7 heteroatoms. The average Bonchev–Trinajstić information content (AvgIpc) is 2.47. The molecule has 1 fully saturated rings. The highest BCUT2D eigenvalue weighted by Gasteiger charge is 2.34. The van der Waals surface area contributed by atoms with Crippen LogP contribution in [0.3, 0.4) is 0 Å². The minimum absolute atomic E-state index is 0.0513. The number of phenols is 1. The lowest BCUT2D eigenvalue weighted by molar-refractivity contribution is -0.384. The largest absolute Gasteiger partial charge is 0.507 e. The van der Waals surface area contributed by atoms with Gasteiger partial charge in [0.05, 0.1) is 22.7 Å². The maximum absolute atomic E-state index is 12.5. The van der Waals surface area contributed by atoms with Gasteiger partial charge in [-0.1, -0.05) is 6.92 Å². The number of nitrogens with zero attached hydrogens (tertiary/aromatic N) is 2. The van der Waals surface area contributed by atoms with E-state index in [1.807, 2.05) is 13.8 Å². The summed E-state index contributed by atoms with van der Waals surface area (Å²) < 4.78 is 5.66. The Kier molecular flexibility index (Phi) is 4.13. The molecule has 0 unspecified atom stereocenters. The molecule has 1 atom stereocenters. The summed E-state index contributed by atoms with van der Waals surface area (Å²) in [6, 6.07) is 3.45. The van der Waals surface area contributed by atoms with E-state index in [9.17, 15) is 20.0 Å². The van der Waals surface area contributed by atoms with Gasteiger partial charge in [0.2, 0.25) is 0 Å². The van der Waals surface area contributed by atoms with Gasteiger partial charge < -0.3 is 14.7 Å². The Balaban J connectivity index is 2.27. The zero-order chi connectivity index (χ0) is 15.6. The van der Waals surface area contributed by atoms with Crippen LogP contribution in [0, 0.1) is 10.1 Å². The first-order valence-corrected chi connectivity index (χ1v) is 6.77. The number of morpholine rings is 1. The maximum atomic E-state index is 12.5. The summed E-state index contributed by atoms with van der Waals surface area (Å²) in [5, 5.41) is 20.6. The van der Waals surface area contributed by atoms with Crippen molar-refractivity contribution in [2.75, 3.05) is 19.7 Å². The Morgan fingerprint density at radius 3 is 2.90 bits per heavy atom. The molecule has 0 aliphatic carbocycles. The summed E-state index contributed by atoms with van der Waals surface area (Å²) in [6.45, 7) is 5.09. The quantitative estimate of drug-likeness (QED) is 0.679. The summed E-state index contributed by atoms with van der Waals surface area (Å²) >= 11 is 0. The highest BCUT2D eigenvalue weighted by molar-refractivity contribution is 5.97. The van der Waals surface area contributed by atoms with Gasteiger partial charge in [-0.15, -0.1) is 0 Å². The van der Waals surface area contributed by atoms with Crippen LogP contribution in [0.5, 0.6) is 5.75 Å². The Hall–Kier alpha value is -2.15. The number of rotatable bonds is 3. The van der Waals surface area contributed by atoms with Crippen LogP contribution < -0.4 is 0 Å². The molecule has 21 heavy (non-hydrogen) atoms. The van der Waals surface area contributed by atoms with E-state index in [2.05, 4.69) is 0 Å². The molecule has 1 aliphatic heterocycles. The number of nitro benzene ring substituents is 1. The summed E-state index contributed by atoms with van der Waals surface area (Å²) in [4.78, 5) is 24.2. The van der Waals surface area contributed by atoms with E-state index in [1.54, 1.807) is 4.90 Å². The number of nitro groups is 1. The summed E-state index contributed by atoms with van der Waals surface area (Å²) in [7, 11) is 0. The van der Waals surface area contributed by atoms with Crippen molar-refractivity contribution in [1.29, 1.82) is 0 Å². The van der Waals surface area contributed by atoms with E-state index < -0.39 is 16.4 Å². The number of carbonyl (C=O) groups excluding carboxylic acids is 1. The molecule has 0 radical (unpaired) electrons. The van der Waals surface area contributed by atoms with Gasteiger partial charge in [0.15, 0.2) is 0 Å². The van der Waals surface area contributed by atoms with Crippen LogP contribution in [0.2, 0.25) is 0 Å². The second-order valence-electron chi connectivity index (χ2n) is 5.34. The molecule has 7 nitrogen and oxygen atoms in total. The molecule has 0 saturated carbocycles. The third-order valence-corrected chi connectivity index (χ3v) is 3.79. The zero-order valence-electron chi connectivity index (χ0n) is 12.0. The first kappa shape index (κ1) is 15.2. The van der Waals surface area contributed by atoms with Crippen LogP contribution in [-0.4, -0.2) is 46.1 Å². The van der Waals surface area contributed by atoms with Crippen molar-refractivity contribution >= 4 is 11.6 Å². The number of hydrogen-bond donors (Lipinski definition) is 1. The van der Waals surface area contributed by atoms with E-state index in [1.165, 1.54) is 12.1 Å². The first-order chi connectivity index (χ1) is 9.86. The molecule has 1 aromatic carbocycles. The Bertz CT molecular complexity index is 574. The predicted molar refractivity (Wildman–Crippen MR) is 75.3 cm³/mol. The molecule has 1 amide bonds. The molecule has 1 N–H and O–H groups in total. The van der Waals surface area contributed by atoms with Crippen molar-refractivity contribution in [1.82, 2.24) is 4.90 Å². The van der Waals surface area contributed by atoms with Crippen LogP contribution in [0.25, 0.3) is 0 Å². The van der Waals surface area contributed by atoms with Crippen LogP contribution in [0.15, 0.2) is 18.2 Å². The summed E-state index contributed by atoms with van der Waals surface area (Å²) in [5.41, 5.74) is -0.697. The normalized spacial score (nSPS) is 22.1. The number of hydrogen-bond acceptors (Lipinski definition) is 5. The fourth-order valence-corrected chi connectivity index (χ4v) is 2.30. The van der Waals surface area contributed by atoms with Crippen LogP contribution >= 0.6 is 0 Å². The predicted octanol–water partition coefficient (Wildman–Crippen LogP) is 1.94. The Labute approximate surface area is 122 Å². The van der Waals surface area contributed by atoms with Gasteiger partial charge in [-0.3, -0.25) is 14.9 Å².